The Bertz CT molecular complexity index is 1000. The Morgan fingerprint density at radius 1 is 1.10 bits per heavy atom. The second-order valence-electron chi connectivity index (χ2n) is 6.05. The summed E-state index contributed by atoms with van der Waals surface area (Å²) in [4.78, 5) is 23.9. The molecule has 1 amide bonds. The van der Waals surface area contributed by atoms with Crippen molar-refractivity contribution in [1.29, 1.82) is 0 Å². The summed E-state index contributed by atoms with van der Waals surface area (Å²) in [5.41, 5.74) is 1.84. The second kappa shape index (κ2) is 9.24. The Hall–Kier alpha value is -3.33. The number of hydrogen-bond donors (Lipinski definition) is 2. The minimum Gasteiger partial charge on any atom is -0.508 e. The van der Waals surface area contributed by atoms with Gasteiger partial charge in [-0.1, -0.05) is 11.8 Å². The number of ether oxygens (including phenoxy) is 1. The zero-order valence-electron chi connectivity index (χ0n) is 16.0. The summed E-state index contributed by atoms with van der Waals surface area (Å²) < 4.78 is 6.72. The molecule has 8 nitrogen and oxygen atoms in total. The number of benzene rings is 2. The Morgan fingerprint density at radius 2 is 1.79 bits per heavy atom. The van der Waals surface area contributed by atoms with Crippen LogP contribution in [0.5, 0.6) is 5.75 Å². The molecule has 0 unspecified atom stereocenters. The van der Waals surface area contributed by atoms with Gasteiger partial charge >= 0.3 is 5.97 Å². The quantitative estimate of drug-likeness (QED) is 0.454. The van der Waals surface area contributed by atoms with Gasteiger partial charge in [0, 0.05) is 18.3 Å². The fourth-order valence-electron chi connectivity index (χ4n) is 2.53. The van der Waals surface area contributed by atoms with Crippen molar-refractivity contribution in [3.63, 3.8) is 0 Å². The normalized spacial score (nSPS) is 10.6. The lowest BCUT2D eigenvalue weighted by atomic mass is 10.2. The SMILES string of the molecule is CCOC(=O)c1ccc(NC(=O)CSc2nnc(-c3ccc(O)cc3)n2C)cc1. The van der Waals surface area contributed by atoms with Gasteiger partial charge in [-0.3, -0.25) is 4.79 Å². The number of hydrogen-bond acceptors (Lipinski definition) is 7. The maximum atomic E-state index is 12.2. The fraction of sp³-hybridized carbons (Fsp3) is 0.200. The molecule has 1 aromatic heterocycles. The van der Waals surface area contributed by atoms with Gasteiger partial charge in [-0.2, -0.15) is 0 Å². The first kappa shape index (κ1) is 20.4. The van der Waals surface area contributed by atoms with E-state index in [4.69, 9.17) is 4.74 Å². The average Bonchev–Trinajstić information content (AvgIpc) is 3.08. The summed E-state index contributed by atoms with van der Waals surface area (Å²) in [6, 6.07) is 13.2. The summed E-state index contributed by atoms with van der Waals surface area (Å²) in [5.74, 6) is 0.377. The van der Waals surface area contributed by atoms with E-state index in [9.17, 15) is 14.7 Å². The molecule has 2 aromatic carbocycles. The first-order valence-electron chi connectivity index (χ1n) is 8.86. The van der Waals surface area contributed by atoms with Gasteiger partial charge in [0.05, 0.1) is 17.9 Å². The van der Waals surface area contributed by atoms with Gasteiger partial charge in [0.2, 0.25) is 5.91 Å². The van der Waals surface area contributed by atoms with Crippen molar-refractivity contribution < 1.29 is 19.4 Å². The van der Waals surface area contributed by atoms with E-state index < -0.39 is 5.97 Å². The van der Waals surface area contributed by atoms with Gasteiger partial charge in [0.15, 0.2) is 11.0 Å². The molecular formula is C20H20N4O4S. The molecule has 3 rings (SSSR count). The number of aromatic nitrogens is 3. The Labute approximate surface area is 171 Å². The summed E-state index contributed by atoms with van der Waals surface area (Å²) in [6.45, 7) is 2.06. The predicted octanol–water partition coefficient (Wildman–Crippen LogP) is 3.10. The minimum absolute atomic E-state index is 0.154. The number of carbonyl (C=O) groups is 2. The minimum atomic E-state index is -0.396. The predicted molar refractivity (Wildman–Crippen MR) is 110 cm³/mol. The third kappa shape index (κ3) is 5.14. The number of phenols is 1. The number of amides is 1. The fourth-order valence-corrected chi connectivity index (χ4v) is 3.24. The molecule has 3 aromatic rings. The van der Waals surface area contributed by atoms with Crippen LogP contribution in [0, 0.1) is 0 Å². The van der Waals surface area contributed by atoms with Crippen LogP contribution in [0.15, 0.2) is 53.7 Å². The standard InChI is InChI=1S/C20H20N4O4S/c1-3-28-19(27)14-4-8-15(9-5-14)21-17(26)12-29-20-23-22-18(24(20)2)13-6-10-16(25)11-7-13/h4-11,25H,3,12H2,1-2H3,(H,21,26). The summed E-state index contributed by atoms with van der Waals surface area (Å²) in [7, 11) is 1.82. The van der Waals surface area contributed by atoms with Crippen LogP contribution in [0.3, 0.4) is 0 Å². The first-order valence-corrected chi connectivity index (χ1v) is 9.85. The smallest absolute Gasteiger partial charge is 0.338 e. The number of esters is 1. The molecule has 9 heteroatoms. The van der Waals surface area contributed by atoms with E-state index in [1.165, 1.54) is 11.8 Å². The largest absolute Gasteiger partial charge is 0.508 e. The van der Waals surface area contributed by atoms with Gasteiger partial charge in [0.1, 0.15) is 5.75 Å². The maximum Gasteiger partial charge on any atom is 0.338 e. The molecule has 2 N–H and O–H groups in total. The van der Waals surface area contributed by atoms with Crippen molar-refractivity contribution in [2.24, 2.45) is 7.05 Å². The molecular weight excluding hydrogens is 392 g/mol. The van der Waals surface area contributed by atoms with Gasteiger partial charge in [0.25, 0.3) is 0 Å². The molecule has 0 fully saturated rings. The van der Waals surface area contributed by atoms with Crippen LogP contribution in [-0.4, -0.2) is 44.1 Å². The maximum absolute atomic E-state index is 12.2. The van der Waals surface area contributed by atoms with E-state index in [1.54, 1.807) is 60.0 Å². The Kier molecular flexibility index (Phi) is 6.50. The molecule has 0 aliphatic rings. The zero-order chi connectivity index (χ0) is 20.8. The Morgan fingerprint density at radius 3 is 2.45 bits per heavy atom. The molecule has 0 spiro atoms. The number of rotatable bonds is 7. The Balaban J connectivity index is 1.57. The highest BCUT2D eigenvalue weighted by atomic mass is 32.2. The van der Waals surface area contributed by atoms with Crippen molar-refractivity contribution in [1.82, 2.24) is 14.8 Å². The zero-order valence-corrected chi connectivity index (χ0v) is 16.8. The number of anilines is 1. The van der Waals surface area contributed by atoms with Crippen LogP contribution in [0.4, 0.5) is 5.69 Å². The molecule has 0 saturated heterocycles. The van der Waals surface area contributed by atoms with E-state index in [-0.39, 0.29) is 17.4 Å². The van der Waals surface area contributed by atoms with Crippen LogP contribution < -0.4 is 5.32 Å². The highest BCUT2D eigenvalue weighted by Gasteiger charge is 2.13. The molecule has 0 atom stereocenters. The van der Waals surface area contributed by atoms with Gasteiger partial charge in [-0.05, 0) is 55.5 Å². The third-order valence-corrected chi connectivity index (χ3v) is 4.99. The molecule has 0 saturated carbocycles. The molecule has 0 aliphatic carbocycles. The van der Waals surface area contributed by atoms with Gasteiger partial charge in [-0.25, -0.2) is 4.79 Å². The van der Waals surface area contributed by atoms with Crippen LogP contribution >= 0.6 is 11.8 Å². The van der Waals surface area contributed by atoms with Crippen molar-refractivity contribution in [3.8, 4) is 17.1 Å². The van der Waals surface area contributed by atoms with Crippen molar-refractivity contribution >= 4 is 29.3 Å². The lowest BCUT2D eigenvalue weighted by Gasteiger charge is -2.07. The highest BCUT2D eigenvalue weighted by Crippen LogP contribution is 2.24. The lowest BCUT2D eigenvalue weighted by Crippen LogP contribution is -2.14. The number of nitrogens with one attached hydrogen (secondary N) is 1. The number of nitrogens with zero attached hydrogens (tertiary/aromatic N) is 3. The monoisotopic (exact) mass is 412 g/mol. The van der Waals surface area contributed by atoms with Crippen LogP contribution in [0.25, 0.3) is 11.4 Å². The third-order valence-electron chi connectivity index (χ3n) is 3.97. The average molecular weight is 412 g/mol. The molecule has 0 bridgehead atoms. The van der Waals surface area contributed by atoms with E-state index in [0.717, 1.165) is 5.56 Å². The molecule has 1 heterocycles. The second-order valence-corrected chi connectivity index (χ2v) is 6.99. The van der Waals surface area contributed by atoms with E-state index >= 15 is 0 Å². The number of carbonyl (C=O) groups excluding carboxylic acids is 2. The van der Waals surface area contributed by atoms with Gasteiger partial charge in [-0.15, -0.1) is 10.2 Å². The first-order chi connectivity index (χ1) is 14.0. The van der Waals surface area contributed by atoms with E-state index in [0.29, 0.717) is 28.8 Å². The summed E-state index contributed by atoms with van der Waals surface area (Å²) >= 11 is 1.26. The van der Waals surface area contributed by atoms with Crippen molar-refractivity contribution in [2.75, 3.05) is 17.7 Å². The molecule has 150 valence electrons. The van der Waals surface area contributed by atoms with Crippen LogP contribution in [0.1, 0.15) is 17.3 Å². The van der Waals surface area contributed by atoms with Crippen molar-refractivity contribution in [3.05, 3.63) is 54.1 Å². The van der Waals surface area contributed by atoms with Crippen LogP contribution in [0.2, 0.25) is 0 Å². The molecule has 0 radical (unpaired) electrons. The summed E-state index contributed by atoms with van der Waals surface area (Å²) in [6.07, 6.45) is 0. The van der Waals surface area contributed by atoms with E-state index in [1.807, 2.05) is 7.05 Å². The van der Waals surface area contributed by atoms with Gasteiger partial charge < -0.3 is 19.7 Å². The molecule has 0 aliphatic heterocycles. The van der Waals surface area contributed by atoms with Crippen LogP contribution in [-0.2, 0) is 16.6 Å². The highest BCUT2D eigenvalue weighted by molar-refractivity contribution is 7.99. The number of phenolic OH excluding ortho intramolecular Hbond substituents is 1. The number of aromatic hydroxyl groups is 1. The topological polar surface area (TPSA) is 106 Å². The van der Waals surface area contributed by atoms with E-state index in [2.05, 4.69) is 15.5 Å². The number of thioether (sulfide) groups is 1. The van der Waals surface area contributed by atoms with Crippen molar-refractivity contribution in [2.45, 2.75) is 12.1 Å². The molecule has 29 heavy (non-hydrogen) atoms. The summed E-state index contributed by atoms with van der Waals surface area (Å²) in [5, 5.41) is 21.0. The lowest BCUT2D eigenvalue weighted by molar-refractivity contribution is -0.113.